The number of halogens is 1. The lowest BCUT2D eigenvalue weighted by atomic mass is 9.94. The van der Waals surface area contributed by atoms with Gasteiger partial charge < -0.3 is 5.11 Å². The zero-order chi connectivity index (χ0) is 11.0. The van der Waals surface area contributed by atoms with Crippen molar-refractivity contribution >= 4 is 22.2 Å². The molecule has 1 N–H and O–H groups in total. The Balaban J connectivity index is 2.44. The molecule has 1 atom stereocenters. The van der Waals surface area contributed by atoms with Crippen molar-refractivity contribution in [1.29, 1.82) is 0 Å². The van der Waals surface area contributed by atoms with Crippen LogP contribution in [-0.4, -0.2) is 11.4 Å². The minimum Gasteiger partial charge on any atom is -0.507 e. The second-order valence-corrected chi connectivity index (χ2v) is 5.09. The van der Waals surface area contributed by atoms with Crippen LogP contribution in [0.25, 0.3) is 0 Å². The van der Waals surface area contributed by atoms with Gasteiger partial charge >= 0.3 is 0 Å². The van der Waals surface area contributed by atoms with Crippen LogP contribution in [0.4, 0.5) is 0 Å². The summed E-state index contributed by atoms with van der Waals surface area (Å²) in [4.78, 5) is 10.8. The largest absolute Gasteiger partial charge is 0.507 e. The van der Waals surface area contributed by atoms with Crippen molar-refractivity contribution in [2.45, 2.75) is 25.7 Å². The minimum atomic E-state index is 0.146. The van der Waals surface area contributed by atoms with Crippen molar-refractivity contribution in [3.8, 4) is 5.75 Å². The van der Waals surface area contributed by atoms with E-state index in [-0.39, 0.29) is 5.75 Å². The third-order valence-electron chi connectivity index (χ3n) is 3.08. The summed E-state index contributed by atoms with van der Waals surface area (Å²) in [6.45, 7) is 2.10. The van der Waals surface area contributed by atoms with E-state index in [0.29, 0.717) is 23.7 Å². The van der Waals surface area contributed by atoms with Crippen LogP contribution < -0.4 is 0 Å². The van der Waals surface area contributed by atoms with Gasteiger partial charge in [0.2, 0.25) is 0 Å². The summed E-state index contributed by atoms with van der Waals surface area (Å²) in [6, 6.07) is 3.55. The lowest BCUT2D eigenvalue weighted by molar-refractivity contribution is 0.112. The van der Waals surface area contributed by atoms with Crippen molar-refractivity contribution in [1.82, 2.24) is 0 Å². The number of carbonyl (C=O) groups excluding carboxylic acids is 1. The maximum absolute atomic E-state index is 10.8. The third kappa shape index (κ3) is 2.07. The summed E-state index contributed by atoms with van der Waals surface area (Å²) in [6.07, 6.45) is 3.15. The van der Waals surface area contributed by atoms with E-state index in [1.807, 2.05) is 6.07 Å². The van der Waals surface area contributed by atoms with E-state index in [0.717, 1.165) is 10.0 Å². The van der Waals surface area contributed by atoms with E-state index in [9.17, 15) is 9.90 Å². The van der Waals surface area contributed by atoms with Crippen molar-refractivity contribution < 1.29 is 9.90 Å². The highest BCUT2D eigenvalue weighted by Crippen LogP contribution is 2.45. The SMILES string of the molecule is CC(c1cc(Br)cc(C=O)c1O)C1CC1. The normalized spacial score (nSPS) is 17.5. The Kier molecular flexibility index (Phi) is 2.83. The zero-order valence-corrected chi connectivity index (χ0v) is 10.1. The molecule has 1 fully saturated rings. The van der Waals surface area contributed by atoms with Gasteiger partial charge in [0.05, 0.1) is 5.56 Å². The first-order valence-electron chi connectivity index (χ1n) is 5.11. The van der Waals surface area contributed by atoms with Gasteiger partial charge in [0, 0.05) is 4.47 Å². The van der Waals surface area contributed by atoms with Gasteiger partial charge in [-0.3, -0.25) is 4.79 Å². The van der Waals surface area contributed by atoms with Crippen LogP contribution in [0, 0.1) is 5.92 Å². The lowest BCUT2D eigenvalue weighted by Crippen LogP contribution is -1.98. The predicted molar refractivity (Wildman–Crippen MR) is 62.3 cm³/mol. The molecule has 3 heteroatoms. The molecule has 2 nitrogen and oxygen atoms in total. The van der Waals surface area contributed by atoms with Gasteiger partial charge in [-0.2, -0.15) is 0 Å². The third-order valence-corrected chi connectivity index (χ3v) is 3.54. The Morgan fingerprint density at radius 2 is 2.20 bits per heavy atom. The fourth-order valence-corrected chi connectivity index (χ4v) is 2.42. The number of hydrogen-bond donors (Lipinski definition) is 1. The van der Waals surface area contributed by atoms with E-state index in [4.69, 9.17) is 0 Å². The highest BCUT2D eigenvalue weighted by molar-refractivity contribution is 9.10. The average molecular weight is 269 g/mol. The minimum absolute atomic E-state index is 0.146. The quantitative estimate of drug-likeness (QED) is 0.853. The number of carbonyl (C=O) groups is 1. The molecule has 1 aromatic carbocycles. The molecule has 0 bridgehead atoms. The van der Waals surface area contributed by atoms with Crippen LogP contribution in [0.3, 0.4) is 0 Å². The van der Waals surface area contributed by atoms with Crippen LogP contribution in [0.15, 0.2) is 16.6 Å². The topological polar surface area (TPSA) is 37.3 Å². The predicted octanol–water partition coefficient (Wildman–Crippen LogP) is 3.48. The standard InChI is InChI=1S/C12H13BrO2/c1-7(8-2-3-8)11-5-10(13)4-9(6-14)12(11)15/h4-8,15H,2-3H2,1H3. The molecule has 0 saturated heterocycles. The van der Waals surface area contributed by atoms with Gasteiger partial charge in [0.15, 0.2) is 6.29 Å². The van der Waals surface area contributed by atoms with Crippen LogP contribution in [0.5, 0.6) is 5.75 Å². The number of benzene rings is 1. The molecular weight excluding hydrogens is 256 g/mol. The van der Waals surface area contributed by atoms with Crippen LogP contribution in [-0.2, 0) is 0 Å². The van der Waals surface area contributed by atoms with Gasteiger partial charge in [-0.1, -0.05) is 22.9 Å². The Labute approximate surface area is 97.4 Å². The highest BCUT2D eigenvalue weighted by atomic mass is 79.9. The summed E-state index contributed by atoms with van der Waals surface area (Å²) in [7, 11) is 0. The molecule has 15 heavy (non-hydrogen) atoms. The summed E-state index contributed by atoms with van der Waals surface area (Å²) >= 11 is 3.36. The molecule has 2 rings (SSSR count). The van der Waals surface area contributed by atoms with Crippen LogP contribution in [0.2, 0.25) is 0 Å². The molecule has 0 amide bonds. The summed E-state index contributed by atoms with van der Waals surface area (Å²) in [5, 5.41) is 9.91. The molecule has 1 aromatic rings. The Morgan fingerprint density at radius 1 is 1.53 bits per heavy atom. The summed E-state index contributed by atoms with van der Waals surface area (Å²) in [5.41, 5.74) is 1.25. The zero-order valence-electron chi connectivity index (χ0n) is 8.53. The van der Waals surface area contributed by atoms with Gasteiger partial charge in [0.25, 0.3) is 0 Å². The van der Waals surface area contributed by atoms with Gasteiger partial charge in [-0.25, -0.2) is 0 Å². The van der Waals surface area contributed by atoms with E-state index in [1.54, 1.807) is 6.07 Å². The number of aldehydes is 1. The molecule has 0 aliphatic heterocycles. The molecule has 1 unspecified atom stereocenters. The second kappa shape index (κ2) is 3.97. The highest BCUT2D eigenvalue weighted by Gasteiger charge is 2.31. The Bertz CT molecular complexity index is 397. The van der Waals surface area contributed by atoms with E-state index in [2.05, 4.69) is 22.9 Å². The maximum Gasteiger partial charge on any atom is 0.153 e. The van der Waals surface area contributed by atoms with Gasteiger partial charge in [-0.05, 0) is 42.4 Å². The number of aromatic hydroxyl groups is 1. The monoisotopic (exact) mass is 268 g/mol. The van der Waals surface area contributed by atoms with Gasteiger partial charge in [-0.15, -0.1) is 0 Å². The molecule has 1 aliphatic carbocycles. The molecule has 1 saturated carbocycles. The number of phenolic OH excluding ortho intramolecular Hbond substituents is 1. The van der Waals surface area contributed by atoms with E-state index in [1.165, 1.54) is 12.8 Å². The molecule has 0 radical (unpaired) electrons. The Morgan fingerprint density at radius 3 is 2.73 bits per heavy atom. The molecule has 0 spiro atoms. The molecule has 0 aromatic heterocycles. The summed E-state index contributed by atoms with van der Waals surface area (Å²) < 4.78 is 0.852. The van der Waals surface area contributed by atoms with Crippen LogP contribution in [0.1, 0.15) is 41.6 Å². The Hall–Kier alpha value is -0.830. The van der Waals surface area contributed by atoms with Gasteiger partial charge in [0.1, 0.15) is 5.75 Å². The van der Waals surface area contributed by atoms with Crippen molar-refractivity contribution in [2.75, 3.05) is 0 Å². The van der Waals surface area contributed by atoms with E-state index < -0.39 is 0 Å². The molecule has 1 aliphatic rings. The second-order valence-electron chi connectivity index (χ2n) is 4.18. The average Bonchev–Trinajstić information content (AvgIpc) is 3.03. The number of rotatable bonds is 3. The van der Waals surface area contributed by atoms with Crippen molar-refractivity contribution in [3.63, 3.8) is 0 Å². The molecular formula is C12H13BrO2. The van der Waals surface area contributed by atoms with E-state index >= 15 is 0 Å². The lowest BCUT2D eigenvalue weighted by Gasteiger charge is -2.14. The first-order valence-corrected chi connectivity index (χ1v) is 5.90. The maximum atomic E-state index is 10.8. The van der Waals surface area contributed by atoms with Crippen LogP contribution >= 0.6 is 15.9 Å². The first kappa shape index (κ1) is 10.7. The fraction of sp³-hybridized carbons (Fsp3) is 0.417. The fourth-order valence-electron chi connectivity index (χ4n) is 1.93. The van der Waals surface area contributed by atoms with Crippen molar-refractivity contribution in [2.24, 2.45) is 5.92 Å². The number of phenols is 1. The molecule has 80 valence electrons. The summed E-state index contributed by atoms with van der Waals surface area (Å²) in [5.74, 6) is 1.15. The smallest absolute Gasteiger partial charge is 0.153 e. The molecule has 0 heterocycles. The van der Waals surface area contributed by atoms with Crippen molar-refractivity contribution in [3.05, 3.63) is 27.7 Å². The first-order chi connectivity index (χ1) is 7.13. The number of hydrogen-bond acceptors (Lipinski definition) is 2.